The molecule has 0 aromatic rings. The van der Waals surface area contributed by atoms with E-state index < -0.39 is 6.04 Å². The van der Waals surface area contributed by atoms with Crippen LogP contribution in [0.5, 0.6) is 0 Å². The summed E-state index contributed by atoms with van der Waals surface area (Å²) in [7, 11) is 0. The first-order valence-corrected chi connectivity index (χ1v) is 5.86. The topological polar surface area (TPSA) is 64.4 Å². The Bertz CT molecular complexity index is 248. The normalized spacial score (nSPS) is 34.8. The first kappa shape index (κ1) is 13.7. The lowest BCUT2D eigenvalue weighted by Crippen LogP contribution is -2.50. The maximum atomic E-state index is 11.5. The van der Waals surface area contributed by atoms with Gasteiger partial charge in [0.05, 0.1) is 12.1 Å². The van der Waals surface area contributed by atoms with Crippen LogP contribution in [0.15, 0.2) is 0 Å². The Labute approximate surface area is 103 Å². The summed E-state index contributed by atoms with van der Waals surface area (Å²) in [6.07, 6.45) is 4.81. The lowest BCUT2D eigenvalue weighted by atomic mass is 9.81. The average Bonchev–Trinajstić information content (AvgIpc) is 2.66. The minimum atomic E-state index is -0.410. The van der Waals surface area contributed by atoms with E-state index in [1.165, 1.54) is 0 Å². The van der Waals surface area contributed by atoms with Gasteiger partial charge in [-0.1, -0.05) is 0 Å². The van der Waals surface area contributed by atoms with E-state index in [9.17, 15) is 4.79 Å². The molecule has 1 saturated carbocycles. The van der Waals surface area contributed by atoms with Crippen molar-refractivity contribution in [3.8, 4) is 0 Å². The van der Waals surface area contributed by atoms with Crippen LogP contribution in [0.25, 0.3) is 0 Å². The van der Waals surface area contributed by atoms with E-state index in [1.54, 1.807) is 6.92 Å². The Balaban J connectivity index is 0.00000128. The number of rotatable bonds is 2. The van der Waals surface area contributed by atoms with Gasteiger partial charge in [-0.05, 0) is 32.6 Å². The fourth-order valence-electron chi connectivity index (χ4n) is 2.67. The molecule has 5 heteroatoms. The molecule has 16 heavy (non-hydrogen) atoms. The molecule has 1 heterocycles. The summed E-state index contributed by atoms with van der Waals surface area (Å²) in [6.45, 7) is 2.57. The molecule has 4 nitrogen and oxygen atoms in total. The van der Waals surface area contributed by atoms with Gasteiger partial charge >= 0.3 is 0 Å². The third kappa shape index (κ3) is 2.87. The number of nitrogens with one attached hydrogen (secondary N) is 1. The molecule has 1 saturated heterocycles. The number of nitrogens with two attached hydrogens (primary N) is 1. The summed E-state index contributed by atoms with van der Waals surface area (Å²) >= 11 is 0. The van der Waals surface area contributed by atoms with Crippen LogP contribution in [0.2, 0.25) is 0 Å². The summed E-state index contributed by atoms with van der Waals surface area (Å²) < 4.78 is 5.65. The van der Waals surface area contributed by atoms with Crippen molar-refractivity contribution >= 4 is 18.3 Å². The predicted octanol–water partition coefficient (Wildman–Crippen LogP) is 0.829. The molecule has 3 unspecified atom stereocenters. The van der Waals surface area contributed by atoms with Gasteiger partial charge in [-0.15, -0.1) is 12.4 Å². The Kier molecular flexibility index (Phi) is 5.02. The molecule has 0 spiro atoms. The molecule has 0 aromatic heterocycles. The van der Waals surface area contributed by atoms with Crippen molar-refractivity contribution in [1.29, 1.82) is 0 Å². The summed E-state index contributed by atoms with van der Waals surface area (Å²) in [5.41, 5.74) is 5.55. The smallest absolute Gasteiger partial charge is 0.236 e. The molecule has 2 rings (SSSR count). The van der Waals surface area contributed by atoms with Gasteiger partial charge in [-0.3, -0.25) is 4.79 Å². The van der Waals surface area contributed by atoms with Gasteiger partial charge in [0.25, 0.3) is 0 Å². The van der Waals surface area contributed by atoms with Gasteiger partial charge in [0.2, 0.25) is 5.91 Å². The minimum Gasteiger partial charge on any atom is -0.378 e. The van der Waals surface area contributed by atoms with Crippen molar-refractivity contribution in [2.45, 2.75) is 50.8 Å². The van der Waals surface area contributed by atoms with Gasteiger partial charge in [0.1, 0.15) is 0 Å². The Morgan fingerprint density at radius 2 is 2.19 bits per heavy atom. The maximum Gasteiger partial charge on any atom is 0.236 e. The Hall–Kier alpha value is -0.320. The number of halogens is 1. The number of hydrogen-bond acceptors (Lipinski definition) is 3. The van der Waals surface area contributed by atoms with E-state index in [0.717, 1.165) is 32.3 Å². The summed E-state index contributed by atoms with van der Waals surface area (Å²) in [4.78, 5) is 11.5. The predicted molar refractivity (Wildman–Crippen MR) is 64.5 cm³/mol. The lowest BCUT2D eigenvalue weighted by Gasteiger charge is -2.33. The molecule has 4 atom stereocenters. The van der Waals surface area contributed by atoms with Gasteiger partial charge in [0, 0.05) is 18.6 Å². The van der Waals surface area contributed by atoms with Crippen molar-refractivity contribution in [3.63, 3.8) is 0 Å². The molecule has 1 amide bonds. The van der Waals surface area contributed by atoms with Crippen molar-refractivity contribution in [2.75, 3.05) is 6.61 Å². The monoisotopic (exact) mass is 248 g/mol. The molecular weight excluding hydrogens is 228 g/mol. The highest BCUT2D eigenvalue weighted by atomic mass is 35.5. The first-order valence-electron chi connectivity index (χ1n) is 5.86. The van der Waals surface area contributed by atoms with Crippen molar-refractivity contribution in [2.24, 2.45) is 11.7 Å². The summed E-state index contributed by atoms with van der Waals surface area (Å²) in [5.74, 6) is 0.481. The van der Waals surface area contributed by atoms with Gasteiger partial charge in [-0.25, -0.2) is 0 Å². The number of fused-ring (bicyclic) bond motifs is 1. The number of carbonyl (C=O) groups excluding carboxylic acids is 1. The molecule has 2 aliphatic rings. The number of ether oxygens (including phenoxy) is 1. The zero-order chi connectivity index (χ0) is 10.8. The van der Waals surface area contributed by atoms with Crippen LogP contribution in [0.1, 0.15) is 32.6 Å². The molecule has 1 aliphatic heterocycles. The van der Waals surface area contributed by atoms with Crippen LogP contribution in [-0.2, 0) is 9.53 Å². The van der Waals surface area contributed by atoms with Crippen LogP contribution >= 0.6 is 12.4 Å². The quantitative estimate of drug-likeness (QED) is 0.761. The fraction of sp³-hybridized carbons (Fsp3) is 0.909. The summed E-state index contributed by atoms with van der Waals surface area (Å²) in [6, 6.07) is -0.127. The van der Waals surface area contributed by atoms with Crippen LogP contribution in [0.3, 0.4) is 0 Å². The number of hydrogen-bond donors (Lipinski definition) is 2. The highest BCUT2D eigenvalue weighted by Crippen LogP contribution is 2.34. The lowest BCUT2D eigenvalue weighted by molar-refractivity contribution is -0.123. The van der Waals surface area contributed by atoms with Crippen LogP contribution < -0.4 is 11.1 Å². The molecular formula is C11H21ClN2O2. The zero-order valence-corrected chi connectivity index (χ0v) is 10.5. The van der Waals surface area contributed by atoms with Crippen LogP contribution in [-0.4, -0.2) is 30.7 Å². The van der Waals surface area contributed by atoms with E-state index in [2.05, 4.69) is 5.32 Å². The second-order valence-electron chi connectivity index (χ2n) is 4.70. The van der Waals surface area contributed by atoms with E-state index in [0.29, 0.717) is 12.0 Å². The molecule has 1 aliphatic carbocycles. The Morgan fingerprint density at radius 3 is 2.88 bits per heavy atom. The number of carbonyl (C=O) groups is 1. The van der Waals surface area contributed by atoms with E-state index in [4.69, 9.17) is 10.5 Å². The average molecular weight is 249 g/mol. The highest BCUT2D eigenvalue weighted by molar-refractivity contribution is 5.85. The van der Waals surface area contributed by atoms with Crippen LogP contribution in [0, 0.1) is 5.92 Å². The highest BCUT2D eigenvalue weighted by Gasteiger charge is 2.38. The van der Waals surface area contributed by atoms with Crippen LogP contribution in [0.4, 0.5) is 0 Å². The van der Waals surface area contributed by atoms with E-state index in [1.807, 2.05) is 0 Å². The third-order valence-corrected chi connectivity index (χ3v) is 3.52. The minimum absolute atomic E-state index is 0. The molecule has 0 aromatic carbocycles. The van der Waals surface area contributed by atoms with Crippen molar-refractivity contribution in [3.05, 3.63) is 0 Å². The number of amides is 1. The Morgan fingerprint density at radius 1 is 1.44 bits per heavy atom. The van der Waals surface area contributed by atoms with Gasteiger partial charge in [0.15, 0.2) is 0 Å². The second-order valence-corrected chi connectivity index (χ2v) is 4.70. The molecule has 0 bridgehead atoms. The third-order valence-electron chi connectivity index (χ3n) is 3.52. The van der Waals surface area contributed by atoms with E-state index in [-0.39, 0.29) is 24.4 Å². The SMILES string of the molecule is C[C@@H](N)C(=O)NC1CCCC2OCCC12.Cl. The maximum absolute atomic E-state index is 11.5. The largest absolute Gasteiger partial charge is 0.378 e. The van der Waals surface area contributed by atoms with Crippen molar-refractivity contribution in [1.82, 2.24) is 5.32 Å². The molecule has 2 fully saturated rings. The second kappa shape index (κ2) is 5.84. The first-order chi connectivity index (χ1) is 7.18. The summed E-state index contributed by atoms with van der Waals surface area (Å²) in [5, 5.41) is 3.05. The molecule has 94 valence electrons. The molecule has 0 radical (unpaired) electrons. The van der Waals surface area contributed by atoms with Gasteiger partial charge in [-0.2, -0.15) is 0 Å². The standard InChI is InChI=1S/C11H20N2O2.ClH/c1-7(12)11(14)13-9-3-2-4-10-8(9)5-6-15-10;/h7-10H,2-6,12H2,1H3,(H,13,14);1H/t7-,8?,9?,10?;/m1./s1. The van der Waals surface area contributed by atoms with E-state index >= 15 is 0 Å². The van der Waals surface area contributed by atoms with Gasteiger partial charge < -0.3 is 15.8 Å². The zero-order valence-electron chi connectivity index (χ0n) is 9.65. The molecule has 3 N–H and O–H groups in total. The fourth-order valence-corrected chi connectivity index (χ4v) is 2.67. The van der Waals surface area contributed by atoms with Crippen molar-refractivity contribution < 1.29 is 9.53 Å².